The molecule has 0 spiro atoms. The average Bonchev–Trinajstić information content (AvgIpc) is 2.53. The first-order valence-corrected chi connectivity index (χ1v) is 7.53. The Bertz CT molecular complexity index is 548. The largest absolute Gasteiger partial charge is 0.480 e. The van der Waals surface area contributed by atoms with Crippen LogP contribution in [0.5, 0.6) is 5.75 Å². The first-order valence-electron chi connectivity index (χ1n) is 7.53. The van der Waals surface area contributed by atoms with E-state index in [9.17, 15) is 23.5 Å². The van der Waals surface area contributed by atoms with E-state index in [0.717, 1.165) is 18.4 Å². The summed E-state index contributed by atoms with van der Waals surface area (Å²) < 4.78 is 28.4. The summed E-state index contributed by atoms with van der Waals surface area (Å²) in [7, 11) is 0. The molecule has 2 rings (SSSR count). The topological polar surface area (TPSA) is 66.8 Å². The summed E-state index contributed by atoms with van der Waals surface area (Å²) in [5, 5.41) is 9.18. The van der Waals surface area contributed by atoms with E-state index in [1.807, 2.05) is 0 Å². The molecule has 0 radical (unpaired) electrons. The number of alkyl halides is 2. The number of aliphatic carboxylic acids is 1. The maximum Gasteiger partial charge on any atom is 0.387 e. The molecular formula is C16H19F2NO4. The van der Waals surface area contributed by atoms with Gasteiger partial charge in [-0.25, -0.2) is 4.79 Å². The van der Waals surface area contributed by atoms with Crippen LogP contribution in [0.25, 0.3) is 0 Å². The molecule has 1 N–H and O–H groups in total. The van der Waals surface area contributed by atoms with Gasteiger partial charge in [-0.2, -0.15) is 8.78 Å². The molecule has 1 aromatic carbocycles. The Morgan fingerprint density at radius 3 is 2.57 bits per heavy atom. The first kappa shape index (κ1) is 17.2. The van der Waals surface area contributed by atoms with Crippen molar-refractivity contribution in [3.05, 3.63) is 29.8 Å². The van der Waals surface area contributed by atoms with E-state index in [1.54, 1.807) is 12.1 Å². The highest BCUT2D eigenvalue weighted by atomic mass is 19.3. The lowest BCUT2D eigenvalue weighted by atomic mass is 10.0. The molecule has 0 bridgehead atoms. The van der Waals surface area contributed by atoms with Crippen LogP contribution in [0.4, 0.5) is 8.78 Å². The number of aryl methyl sites for hydroxylation is 1. The van der Waals surface area contributed by atoms with Gasteiger partial charge >= 0.3 is 12.6 Å². The van der Waals surface area contributed by atoms with Gasteiger partial charge in [0.1, 0.15) is 11.8 Å². The Morgan fingerprint density at radius 2 is 1.96 bits per heavy atom. The number of ether oxygens (including phenoxy) is 1. The zero-order chi connectivity index (χ0) is 16.8. The molecule has 0 unspecified atom stereocenters. The number of carbonyl (C=O) groups excluding carboxylic acids is 1. The first-order chi connectivity index (χ1) is 11.0. The maximum absolute atomic E-state index is 12.2. The van der Waals surface area contributed by atoms with E-state index >= 15 is 0 Å². The highest BCUT2D eigenvalue weighted by molar-refractivity contribution is 5.84. The maximum atomic E-state index is 12.2. The van der Waals surface area contributed by atoms with Gasteiger partial charge < -0.3 is 14.7 Å². The number of hydrogen-bond donors (Lipinski definition) is 1. The van der Waals surface area contributed by atoms with Crippen LogP contribution in [0.1, 0.15) is 31.2 Å². The highest BCUT2D eigenvalue weighted by Crippen LogP contribution is 2.20. The third-order valence-corrected chi connectivity index (χ3v) is 3.88. The molecule has 1 heterocycles. The minimum Gasteiger partial charge on any atom is -0.480 e. The van der Waals surface area contributed by atoms with Gasteiger partial charge in [0.25, 0.3) is 0 Å². The van der Waals surface area contributed by atoms with E-state index in [0.29, 0.717) is 19.4 Å². The molecule has 7 heteroatoms. The third kappa shape index (κ3) is 4.91. The summed E-state index contributed by atoms with van der Waals surface area (Å²) in [5.41, 5.74) is 0.809. The zero-order valence-corrected chi connectivity index (χ0v) is 12.6. The van der Waals surface area contributed by atoms with Gasteiger partial charge in [-0.15, -0.1) is 0 Å². The highest BCUT2D eigenvalue weighted by Gasteiger charge is 2.31. The predicted octanol–water partition coefficient (Wildman–Crippen LogP) is 2.69. The number of amides is 1. The van der Waals surface area contributed by atoms with Crippen molar-refractivity contribution < 1.29 is 28.2 Å². The number of piperidine rings is 1. The van der Waals surface area contributed by atoms with Crippen LogP contribution in [-0.4, -0.2) is 41.1 Å². The lowest BCUT2D eigenvalue weighted by molar-refractivity contribution is -0.152. The number of nitrogens with zero attached hydrogens (tertiary/aromatic N) is 1. The van der Waals surface area contributed by atoms with Gasteiger partial charge in [0.2, 0.25) is 5.91 Å². The molecule has 5 nitrogen and oxygen atoms in total. The molecule has 1 amide bonds. The van der Waals surface area contributed by atoms with Crippen LogP contribution in [0.3, 0.4) is 0 Å². The Hall–Kier alpha value is -2.18. The van der Waals surface area contributed by atoms with Crippen LogP contribution in [0, 0.1) is 0 Å². The van der Waals surface area contributed by atoms with Gasteiger partial charge in [-0.05, 0) is 43.4 Å². The second kappa shape index (κ2) is 7.89. The molecule has 1 fully saturated rings. The number of carboxylic acids is 1. The molecule has 1 aliphatic heterocycles. The molecule has 1 aromatic rings. The Labute approximate surface area is 132 Å². The smallest absolute Gasteiger partial charge is 0.387 e. The fourth-order valence-electron chi connectivity index (χ4n) is 2.72. The Kier molecular flexibility index (Phi) is 5.90. The number of rotatable bonds is 6. The van der Waals surface area contributed by atoms with Gasteiger partial charge in [-0.1, -0.05) is 12.1 Å². The molecule has 1 aliphatic rings. The fraction of sp³-hybridized carbons (Fsp3) is 0.500. The van der Waals surface area contributed by atoms with E-state index in [1.165, 1.54) is 17.0 Å². The number of hydrogen-bond acceptors (Lipinski definition) is 3. The molecule has 23 heavy (non-hydrogen) atoms. The summed E-state index contributed by atoms with van der Waals surface area (Å²) in [6.45, 7) is -2.40. The fourth-order valence-corrected chi connectivity index (χ4v) is 2.72. The molecule has 1 saturated heterocycles. The molecular weight excluding hydrogens is 308 g/mol. The molecule has 0 aromatic heterocycles. The number of carbonyl (C=O) groups is 2. The summed E-state index contributed by atoms with van der Waals surface area (Å²) in [6.07, 6.45) is 2.73. The van der Waals surface area contributed by atoms with Gasteiger partial charge in [0, 0.05) is 13.0 Å². The number of benzene rings is 1. The van der Waals surface area contributed by atoms with Crippen molar-refractivity contribution in [2.75, 3.05) is 6.54 Å². The van der Waals surface area contributed by atoms with E-state index in [4.69, 9.17) is 0 Å². The third-order valence-electron chi connectivity index (χ3n) is 3.88. The molecule has 126 valence electrons. The lowest BCUT2D eigenvalue weighted by Crippen LogP contribution is -2.48. The quantitative estimate of drug-likeness (QED) is 0.872. The summed E-state index contributed by atoms with van der Waals surface area (Å²) in [5.74, 6) is -1.09. The van der Waals surface area contributed by atoms with Gasteiger partial charge in [0.05, 0.1) is 0 Å². The van der Waals surface area contributed by atoms with E-state index in [2.05, 4.69) is 4.74 Å². The van der Waals surface area contributed by atoms with Crippen LogP contribution in [0.2, 0.25) is 0 Å². The summed E-state index contributed by atoms with van der Waals surface area (Å²) >= 11 is 0. The van der Waals surface area contributed by atoms with Crippen LogP contribution in [0.15, 0.2) is 24.3 Å². The predicted molar refractivity (Wildman–Crippen MR) is 78.4 cm³/mol. The minimum absolute atomic E-state index is 0.0667. The average molecular weight is 327 g/mol. The lowest BCUT2D eigenvalue weighted by Gasteiger charge is -2.33. The standard InChI is InChI=1S/C16H19F2NO4/c17-16(18)23-12-7-4-11(5-8-12)6-9-14(20)19-10-2-1-3-13(19)15(21)22/h4-5,7-8,13,16H,1-3,6,9-10H2,(H,21,22)/t13-/m1/s1. The van der Waals surface area contributed by atoms with Crippen molar-refractivity contribution in [2.24, 2.45) is 0 Å². The second-order valence-corrected chi connectivity index (χ2v) is 5.46. The van der Waals surface area contributed by atoms with Crippen molar-refractivity contribution in [1.82, 2.24) is 4.90 Å². The van der Waals surface area contributed by atoms with Crippen molar-refractivity contribution in [3.8, 4) is 5.75 Å². The number of halogens is 2. The van der Waals surface area contributed by atoms with Crippen molar-refractivity contribution >= 4 is 11.9 Å². The van der Waals surface area contributed by atoms with Crippen molar-refractivity contribution in [1.29, 1.82) is 0 Å². The van der Waals surface area contributed by atoms with E-state index in [-0.39, 0.29) is 18.1 Å². The summed E-state index contributed by atoms with van der Waals surface area (Å²) in [4.78, 5) is 24.9. The monoisotopic (exact) mass is 327 g/mol. The Morgan fingerprint density at radius 1 is 1.26 bits per heavy atom. The number of carboxylic acid groups (broad SMARTS) is 1. The molecule has 0 saturated carbocycles. The Balaban J connectivity index is 1.89. The van der Waals surface area contributed by atoms with Crippen LogP contribution >= 0.6 is 0 Å². The van der Waals surface area contributed by atoms with E-state index < -0.39 is 18.6 Å². The SMILES string of the molecule is O=C(O)[C@H]1CCCCN1C(=O)CCc1ccc(OC(F)F)cc1. The van der Waals surface area contributed by atoms with Crippen LogP contribution < -0.4 is 4.74 Å². The van der Waals surface area contributed by atoms with Crippen molar-refractivity contribution in [3.63, 3.8) is 0 Å². The second-order valence-electron chi connectivity index (χ2n) is 5.46. The summed E-state index contributed by atoms with van der Waals surface area (Å²) in [6, 6.07) is 5.35. The molecule has 0 aliphatic carbocycles. The number of likely N-dealkylation sites (tertiary alicyclic amines) is 1. The van der Waals surface area contributed by atoms with Crippen molar-refractivity contribution in [2.45, 2.75) is 44.8 Å². The minimum atomic E-state index is -2.87. The molecule has 1 atom stereocenters. The van der Waals surface area contributed by atoms with Gasteiger partial charge in [0.15, 0.2) is 0 Å². The van der Waals surface area contributed by atoms with Crippen LogP contribution in [-0.2, 0) is 16.0 Å². The zero-order valence-electron chi connectivity index (χ0n) is 12.6. The van der Waals surface area contributed by atoms with Gasteiger partial charge in [-0.3, -0.25) is 4.79 Å². The normalized spacial score (nSPS) is 18.0.